The Morgan fingerprint density at radius 2 is 1.69 bits per heavy atom. The number of morpholine rings is 1. The van der Waals surface area contributed by atoms with Crippen LogP contribution >= 0.6 is 24.0 Å². The van der Waals surface area contributed by atoms with E-state index in [1.807, 2.05) is 42.2 Å². The number of carbonyl (C=O) groups is 2. The first-order valence-corrected chi connectivity index (χ1v) is 17.4. The third-order valence-electron chi connectivity index (χ3n) is 9.86. The lowest BCUT2D eigenvalue weighted by Gasteiger charge is -2.35. The number of phenolic OH excluding ortho intramolecular Hbond substituents is 1. The van der Waals surface area contributed by atoms with E-state index in [-0.39, 0.29) is 36.0 Å². The first kappa shape index (κ1) is 36.2. The summed E-state index contributed by atoms with van der Waals surface area (Å²) in [7, 11) is 1.80. The van der Waals surface area contributed by atoms with Gasteiger partial charge in [0, 0.05) is 85.2 Å². The lowest BCUT2D eigenvalue weighted by molar-refractivity contribution is 0.0364. The number of phenols is 1. The van der Waals surface area contributed by atoms with Crippen molar-refractivity contribution in [3.63, 3.8) is 0 Å². The molecule has 3 aromatic carbocycles. The normalized spacial score (nSPS) is 16.0. The number of ether oxygens (including phenoxy) is 1. The fourth-order valence-corrected chi connectivity index (χ4v) is 7.26. The summed E-state index contributed by atoms with van der Waals surface area (Å²) in [5.74, 6) is -0.236. The average Bonchev–Trinajstić information content (AvgIpc) is 3.70. The van der Waals surface area contributed by atoms with Crippen molar-refractivity contribution in [2.75, 3.05) is 37.7 Å². The Morgan fingerprint density at radius 1 is 0.961 bits per heavy atom. The number of nitrogens with zero attached hydrogens (tertiary/aromatic N) is 6. The smallest absolute Gasteiger partial charge is 0.264 e. The molecule has 0 spiro atoms. The summed E-state index contributed by atoms with van der Waals surface area (Å²) in [4.78, 5) is 35.1. The number of aromatic nitrogens is 3. The van der Waals surface area contributed by atoms with Gasteiger partial charge in [-0.3, -0.25) is 24.1 Å². The molecule has 0 bridgehead atoms. The molecule has 1 saturated heterocycles. The van der Waals surface area contributed by atoms with Gasteiger partial charge in [-0.05, 0) is 79.9 Å². The second kappa shape index (κ2) is 15.3. The molecule has 10 nitrogen and oxygen atoms in total. The maximum Gasteiger partial charge on any atom is 0.264 e. The predicted molar refractivity (Wildman–Crippen MR) is 201 cm³/mol. The lowest BCUT2D eigenvalue weighted by atomic mass is 9.93. The standard InChI is InChI=1S/C39H41ClN6O4.ClH/c1-26-20-28-6-4-5-7-29(28)24-45(26)38(48)34-13-8-30(40)21-36(34)37-22-35(27(2)44(37)15-14-43-16-18-50-19-17-43)39(49)46(32-23-41-42(3)25-32)31-9-11-33(47)12-10-31;/h4-13,21-23,25-26,47H,14-20,24H2,1-3H3;1H/t26-;/m1./s1. The van der Waals surface area contributed by atoms with Crippen molar-refractivity contribution in [2.24, 2.45) is 7.05 Å². The maximum absolute atomic E-state index is 14.7. The highest BCUT2D eigenvalue weighted by atomic mass is 35.5. The summed E-state index contributed by atoms with van der Waals surface area (Å²) >= 11 is 6.68. The van der Waals surface area contributed by atoms with Crippen LogP contribution in [0, 0.1) is 6.92 Å². The number of halogens is 2. The van der Waals surface area contributed by atoms with Crippen molar-refractivity contribution in [3.8, 4) is 17.0 Å². The van der Waals surface area contributed by atoms with Crippen molar-refractivity contribution < 1.29 is 19.4 Å². The highest BCUT2D eigenvalue weighted by molar-refractivity contribution is 6.31. The summed E-state index contributed by atoms with van der Waals surface area (Å²) < 4.78 is 9.37. The number of benzene rings is 3. The van der Waals surface area contributed by atoms with E-state index >= 15 is 0 Å². The second-order valence-corrected chi connectivity index (χ2v) is 13.5. The summed E-state index contributed by atoms with van der Waals surface area (Å²) in [6.07, 6.45) is 4.20. The number of hydrogen-bond acceptors (Lipinski definition) is 6. The third kappa shape index (κ3) is 7.41. The molecule has 0 saturated carbocycles. The molecule has 0 aliphatic carbocycles. The minimum Gasteiger partial charge on any atom is -0.508 e. The highest BCUT2D eigenvalue weighted by Gasteiger charge is 2.32. The molecule has 5 aromatic rings. The van der Waals surface area contributed by atoms with E-state index in [0.29, 0.717) is 59.4 Å². The van der Waals surface area contributed by atoms with Gasteiger partial charge >= 0.3 is 0 Å². The van der Waals surface area contributed by atoms with Gasteiger partial charge in [-0.1, -0.05) is 35.9 Å². The Labute approximate surface area is 309 Å². The molecule has 1 N–H and O–H groups in total. The van der Waals surface area contributed by atoms with Gasteiger partial charge in [-0.2, -0.15) is 5.10 Å². The monoisotopic (exact) mass is 728 g/mol. The Kier molecular flexibility index (Phi) is 10.9. The van der Waals surface area contributed by atoms with Gasteiger partial charge < -0.3 is 19.3 Å². The zero-order valence-corrected chi connectivity index (χ0v) is 30.5. The lowest BCUT2D eigenvalue weighted by Crippen LogP contribution is -2.42. The van der Waals surface area contributed by atoms with E-state index in [1.54, 1.807) is 59.4 Å². The summed E-state index contributed by atoms with van der Waals surface area (Å²) in [6, 6.07) is 22.1. The number of rotatable bonds is 8. The Balaban J connectivity index is 0.00000448. The van der Waals surface area contributed by atoms with Crippen LogP contribution in [0.2, 0.25) is 5.02 Å². The van der Waals surface area contributed by atoms with Crippen LogP contribution in [-0.2, 0) is 31.3 Å². The van der Waals surface area contributed by atoms with Crippen LogP contribution in [0.25, 0.3) is 11.3 Å². The van der Waals surface area contributed by atoms with Gasteiger partial charge in [0.05, 0.1) is 30.7 Å². The number of hydrogen-bond donors (Lipinski definition) is 1. The van der Waals surface area contributed by atoms with E-state index in [4.69, 9.17) is 16.3 Å². The zero-order valence-electron chi connectivity index (χ0n) is 29.0. The van der Waals surface area contributed by atoms with Gasteiger partial charge in [-0.15, -0.1) is 12.4 Å². The molecule has 7 rings (SSSR count). The minimum absolute atomic E-state index is 0. The van der Waals surface area contributed by atoms with Crippen LogP contribution in [0.15, 0.2) is 85.2 Å². The number of fused-ring (bicyclic) bond motifs is 1. The predicted octanol–water partition coefficient (Wildman–Crippen LogP) is 6.88. The van der Waals surface area contributed by atoms with E-state index in [1.165, 1.54) is 5.56 Å². The molecule has 4 heterocycles. The van der Waals surface area contributed by atoms with E-state index in [2.05, 4.69) is 33.6 Å². The minimum atomic E-state index is -0.260. The Bertz CT molecular complexity index is 2040. The van der Waals surface area contributed by atoms with Crippen molar-refractivity contribution in [1.29, 1.82) is 0 Å². The van der Waals surface area contributed by atoms with Crippen LogP contribution in [0.1, 0.15) is 44.5 Å². The SMILES string of the molecule is Cc1c(C(=O)N(c2ccc(O)cc2)c2cnn(C)c2)cc(-c2cc(Cl)ccc2C(=O)N2Cc3ccccc3C[C@H]2C)n1CCN1CCOCC1.Cl. The molecule has 1 atom stereocenters. The maximum atomic E-state index is 14.7. The molecule has 1 fully saturated rings. The number of amides is 2. The molecular formula is C39H42Cl2N6O4. The van der Waals surface area contributed by atoms with Crippen LogP contribution in [0.4, 0.5) is 11.4 Å². The largest absolute Gasteiger partial charge is 0.508 e. The fourth-order valence-electron chi connectivity index (χ4n) is 7.09. The first-order chi connectivity index (χ1) is 24.2. The van der Waals surface area contributed by atoms with Crippen LogP contribution in [0.3, 0.4) is 0 Å². The van der Waals surface area contributed by atoms with Crippen molar-refractivity contribution >= 4 is 47.2 Å². The van der Waals surface area contributed by atoms with E-state index < -0.39 is 0 Å². The van der Waals surface area contributed by atoms with Crippen molar-refractivity contribution in [1.82, 2.24) is 24.1 Å². The average molecular weight is 730 g/mol. The van der Waals surface area contributed by atoms with Gasteiger partial charge in [0.25, 0.3) is 11.8 Å². The molecule has 266 valence electrons. The molecule has 2 aliphatic heterocycles. The quantitative estimate of drug-likeness (QED) is 0.187. The fraction of sp³-hybridized carbons (Fsp3) is 0.308. The van der Waals surface area contributed by atoms with Gasteiger partial charge in [0.15, 0.2) is 0 Å². The summed E-state index contributed by atoms with van der Waals surface area (Å²) in [6.45, 7) is 8.90. The first-order valence-electron chi connectivity index (χ1n) is 17.0. The molecule has 51 heavy (non-hydrogen) atoms. The second-order valence-electron chi connectivity index (χ2n) is 13.1. The topological polar surface area (TPSA) is 96.1 Å². The number of carbonyl (C=O) groups excluding carboxylic acids is 2. The number of aromatic hydroxyl groups is 1. The van der Waals surface area contributed by atoms with Gasteiger partial charge in [0.2, 0.25) is 0 Å². The highest BCUT2D eigenvalue weighted by Crippen LogP contribution is 2.36. The zero-order chi connectivity index (χ0) is 34.9. The molecule has 2 aromatic heterocycles. The molecule has 12 heteroatoms. The van der Waals surface area contributed by atoms with Crippen molar-refractivity contribution in [2.45, 2.75) is 39.4 Å². The van der Waals surface area contributed by atoms with Gasteiger partial charge in [-0.25, -0.2) is 0 Å². The molecule has 2 aliphatic rings. The molecule has 0 radical (unpaired) electrons. The summed E-state index contributed by atoms with van der Waals surface area (Å²) in [5, 5.41) is 14.9. The molecule has 2 amide bonds. The van der Waals surface area contributed by atoms with Crippen molar-refractivity contribution in [3.05, 3.63) is 118 Å². The van der Waals surface area contributed by atoms with Crippen LogP contribution < -0.4 is 4.90 Å². The van der Waals surface area contributed by atoms with Crippen LogP contribution in [0.5, 0.6) is 5.75 Å². The third-order valence-corrected chi connectivity index (χ3v) is 10.1. The molecule has 0 unspecified atom stereocenters. The van der Waals surface area contributed by atoms with Crippen LogP contribution in [-0.4, -0.2) is 80.0 Å². The number of aryl methyl sites for hydroxylation is 1. The van der Waals surface area contributed by atoms with E-state index in [9.17, 15) is 14.7 Å². The number of anilines is 2. The van der Waals surface area contributed by atoms with E-state index in [0.717, 1.165) is 43.0 Å². The van der Waals surface area contributed by atoms with Gasteiger partial charge in [0.1, 0.15) is 5.75 Å². The Hall–Kier alpha value is -4.61. The summed E-state index contributed by atoms with van der Waals surface area (Å²) in [5.41, 5.74) is 6.79. The molecular weight excluding hydrogens is 687 g/mol. The Morgan fingerprint density at radius 3 is 2.39 bits per heavy atom.